The number of halogens is 7. The summed E-state index contributed by atoms with van der Waals surface area (Å²) in [6.07, 6.45) is -5.37. The molecule has 0 saturated heterocycles. The molecule has 9 heteroatoms. The van der Waals surface area contributed by atoms with Crippen LogP contribution in [0.1, 0.15) is 29.2 Å². The molecule has 27 heavy (non-hydrogen) atoms. The molecule has 0 aliphatic heterocycles. The molecule has 2 rings (SSSR count). The number of nitrogens with one attached hydrogen (secondary N) is 1. The fourth-order valence-corrected chi connectivity index (χ4v) is 2.48. The number of amides is 1. The number of carbonyl (C=O) groups is 1. The zero-order valence-electron chi connectivity index (χ0n) is 14.2. The molecule has 2 aromatic rings. The third kappa shape index (κ3) is 4.23. The van der Waals surface area contributed by atoms with Crippen molar-refractivity contribution < 1.29 is 35.5 Å². The molecule has 0 aliphatic carbocycles. The number of anilines is 1. The summed E-state index contributed by atoms with van der Waals surface area (Å²) in [5.74, 6) is -10.9. The number of alkyl halides is 3. The van der Waals surface area contributed by atoms with Crippen molar-refractivity contribution in [1.82, 2.24) is 0 Å². The van der Waals surface area contributed by atoms with Crippen LogP contribution in [0.5, 0.6) is 0 Å². The van der Waals surface area contributed by atoms with Gasteiger partial charge in [-0.05, 0) is 30.0 Å². The van der Waals surface area contributed by atoms with Gasteiger partial charge in [-0.2, -0.15) is 13.2 Å². The molecular weight excluding hydrogens is 379 g/mol. The molecule has 0 heterocycles. The van der Waals surface area contributed by atoms with Crippen molar-refractivity contribution >= 4 is 11.6 Å². The number of aryl methyl sites for hydroxylation is 2. The fraction of sp³-hybridized carbons (Fsp3) is 0.278. The van der Waals surface area contributed by atoms with E-state index in [-0.39, 0.29) is 6.42 Å². The van der Waals surface area contributed by atoms with E-state index in [1.54, 1.807) is 24.4 Å². The van der Waals surface area contributed by atoms with Crippen LogP contribution in [-0.4, -0.2) is 5.91 Å². The van der Waals surface area contributed by atoms with Crippen molar-refractivity contribution in [2.24, 2.45) is 0 Å². The average Bonchev–Trinajstić information content (AvgIpc) is 2.58. The molecule has 146 valence electrons. The summed E-state index contributed by atoms with van der Waals surface area (Å²) < 4.78 is 92.5. The summed E-state index contributed by atoms with van der Waals surface area (Å²) in [5, 5.41) is 1.62. The lowest BCUT2D eigenvalue weighted by Gasteiger charge is -2.15. The average molecular weight is 393 g/mol. The van der Waals surface area contributed by atoms with E-state index in [1.807, 2.05) is 13.0 Å². The minimum Gasteiger partial charge on any atom is -0.321 e. The number of benzene rings is 2. The third-order valence-corrected chi connectivity index (χ3v) is 3.98. The molecule has 0 saturated carbocycles. The summed E-state index contributed by atoms with van der Waals surface area (Å²) in [5.41, 5.74) is -2.23. The molecule has 2 aromatic carbocycles. The maximum Gasteiger partial charge on any atom is 0.422 e. The van der Waals surface area contributed by atoms with Gasteiger partial charge in [-0.15, -0.1) is 0 Å². The number of carbonyl (C=O) groups excluding carboxylic acids is 1. The lowest BCUT2D eigenvalue weighted by molar-refractivity contribution is -0.143. The van der Waals surface area contributed by atoms with Crippen molar-refractivity contribution in [3.63, 3.8) is 0 Å². The Balaban J connectivity index is 2.37. The van der Waals surface area contributed by atoms with Gasteiger partial charge in [0, 0.05) is 0 Å². The summed E-state index contributed by atoms with van der Waals surface area (Å²) in [6, 6.07) is 5.21. The van der Waals surface area contributed by atoms with Crippen LogP contribution in [0.25, 0.3) is 0 Å². The van der Waals surface area contributed by atoms with Crippen LogP contribution in [0, 0.1) is 30.2 Å². The Kier molecular flexibility index (Phi) is 5.82. The minimum atomic E-state index is -5.64. The Morgan fingerprint density at radius 2 is 1.56 bits per heavy atom. The Bertz CT molecular complexity index is 861. The van der Waals surface area contributed by atoms with E-state index >= 15 is 0 Å². The van der Waals surface area contributed by atoms with E-state index in [0.717, 1.165) is 5.56 Å². The molecular formula is C18H14F7NO. The van der Waals surface area contributed by atoms with Crippen molar-refractivity contribution in [2.45, 2.75) is 32.9 Å². The second-order valence-corrected chi connectivity index (χ2v) is 5.84. The predicted octanol–water partition coefficient (Wildman–Crippen LogP) is 5.31. The second kappa shape index (κ2) is 7.58. The molecule has 0 bridgehead atoms. The molecule has 1 N–H and O–H groups in total. The first-order valence-electron chi connectivity index (χ1n) is 7.78. The van der Waals surface area contributed by atoms with E-state index in [4.69, 9.17) is 0 Å². The van der Waals surface area contributed by atoms with E-state index in [9.17, 15) is 35.5 Å². The lowest BCUT2D eigenvalue weighted by Crippen LogP contribution is -2.21. The van der Waals surface area contributed by atoms with E-state index < -0.39 is 46.6 Å². The van der Waals surface area contributed by atoms with Gasteiger partial charge in [0.15, 0.2) is 23.3 Å². The Hall–Kier alpha value is -2.58. The molecule has 0 atom stereocenters. The zero-order chi connectivity index (χ0) is 20.5. The van der Waals surface area contributed by atoms with Crippen molar-refractivity contribution in [3.8, 4) is 0 Å². The van der Waals surface area contributed by atoms with Crippen LogP contribution in [-0.2, 0) is 23.8 Å². The molecule has 0 spiro atoms. The quantitative estimate of drug-likeness (QED) is 0.553. The standard InChI is InChI=1S/C18H14F7NO/c1-3-9-5-4-8(2)10(6-9)7-11(27)26-17-15(21)13(19)12(18(23,24)25)14(20)16(17)22/h4-6H,3,7H2,1-2H3,(H,26,27). The van der Waals surface area contributed by atoms with Crippen LogP contribution in [0.2, 0.25) is 0 Å². The van der Waals surface area contributed by atoms with Crippen molar-refractivity contribution in [2.75, 3.05) is 5.32 Å². The maximum absolute atomic E-state index is 13.8. The van der Waals surface area contributed by atoms with Crippen molar-refractivity contribution in [1.29, 1.82) is 0 Å². The van der Waals surface area contributed by atoms with Gasteiger partial charge >= 0.3 is 6.18 Å². The van der Waals surface area contributed by atoms with Gasteiger partial charge in [0.1, 0.15) is 11.3 Å². The van der Waals surface area contributed by atoms with E-state index in [0.29, 0.717) is 17.5 Å². The first kappa shape index (κ1) is 20.7. The van der Waals surface area contributed by atoms with Gasteiger partial charge in [-0.25, -0.2) is 17.6 Å². The highest BCUT2D eigenvalue weighted by molar-refractivity contribution is 5.92. The van der Waals surface area contributed by atoms with Crippen molar-refractivity contribution in [3.05, 3.63) is 63.7 Å². The Labute approximate surface area is 150 Å². The fourth-order valence-electron chi connectivity index (χ4n) is 2.48. The van der Waals surface area contributed by atoms with Gasteiger partial charge in [-0.3, -0.25) is 4.79 Å². The minimum absolute atomic E-state index is 0.386. The molecule has 2 nitrogen and oxygen atoms in total. The molecule has 1 amide bonds. The van der Waals surface area contributed by atoms with Crippen LogP contribution in [0.15, 0.2) is 18.2 Å². The number of rotatable bonds is 4. The number of hydrogen-bond acceptors (Lipinski definition) is 1. The van der Waals surface area contributed by atoms with E-state index in [2.05, 4.69) is 0 Å². The maximum atomic E-state index is 13.8. The predicted molar refractivity (Wildman–Crippen MR) is 84.2 cm³/mol. The monoisotopic (exact) mass is 393 g/mol. The molecule has 0 radical (unpaired) electrons. The smallest absolute Gasteiger partial charge is 0.321 e. The zero-order valence-corrected chi connectivity index (χ0v) is 14.2. The van der Waals surface area contributed by atoms with Gasteiger partial charge in [0.05, 0.1) is 6.42 Å². The summed E-state index contributed by atoms with van der Waals surface area (Å²) >= 11 is 0. The topological polar surface area (TPSA) is 29.1 Å². The highest BCUT2D eigenvalue weighted by Crippen LogP contribution is 2.38. The van der Waals surface area contributed by atoms with Gasteiger partial charge < -0.3 is 5.32 Å². The van der Waals surface area contributed by atoms with Crippen LogP contribution >= 0.6 is 0 Å². The highest BCUT2D eigenvalue weighted by Gasteiger charge is 2.42. The highest BCUT2D eigenvalue weighted by atomic mass is 19.4. The second-order valence-electron chi connectivity index (χ2n) is 5.84. The van der Waals surface area contributed by atoms with Crippen LogP contribution in [0.4, 0.5) is 36.4 Å². The Morgan fingerprint density at radius 1 is 1.00 bits per heavy atom. The summed E-state index contributed by atoms with van der Waals surface area (Å²) in [6.45, 7) is 3.55. The first-order chi connectivity index (χ1) is 12.5. The summed E-state index contributed by atoms with van der Waals surface area (Å²) in [7, 11) is 0. The van der Waals surface area contributed by atoms with Gasteiger partial charge in [0.2, 0.25) is 5.91 Å². The van der Waals surface area contributed by atoms with Gasteiger partial charge in [0.25, 0.3) is 0 Å². The third-order valence-electron chi connectivity index (χ3n) is 3.98. The van der Waals surface area contributed by atoms with Gasteiger partial charge in [-0.1, -0.05) is 25.1 Å². The van der Waals surface area contributed by atoms with E-state index in [1.165, 1.54) is 0 Å². The molecule has 0 unspecified atom stereocenters. The SMILES string of the molecule is CCc1ccc(C)c(CC(=O)Nc2c(F)c(F)c(C(F)(F)F)c(F)c2F)c1. The lowest BCUT2D eigenvalue weighted by atomic mass is 10.0. The number of hydrogen-bond donors (Lipinski definition) is 1. The Morgan fingerprint density at radius 3 is 2.04 bits per heavy atom. The van der Waals surface area contributed by atoms with Crippen LogP contribution < -0.4 is 5.32 Å². The molecule has 0 fully saturated rings. The normalized spacial score (nSPS) is 11.6. The van der Waals surface area contributed by atoms with Crippen LogP contribution in [0.3, 0.4) is 0 Å². The molecule has 0 aliphatic rings. The summed E-state index contributed by atoms with van der Waals surface area (Å²) in [4.78, 5) is 12.0. The first-order valence-corrected chi connectivity index (χ1v) is 7.78. The molecule has 0 aromatic heterocycles. The largest absolute Gasteiger partial charge is 0.422 e.